The molecule has 6 heteroatoms. The molecule has 0 aliphatic carbocycles. The molecule has 22 heavy (non-hydrogen) atoms. The van der Waals surface area contributed by atoms with Crippen molar-refractivity contribution in [2.45, 2.75) is 26.2 Å². The van der Waals surface area contributed by atoms with Crippen LogP contribution >= 0.6 is 11.3 Å². The minimum Gasteiger partial charge on any atom is -0.353 e. The number of rotatable bonds is 7. The lowest BCUT2D eigenvalue weighted by Gasteiger charge is -2.02. The van der Waals surface area contributed by atoms with Crippen molar-refractivity contribution < 1.29 is 9.59 Å². The largest absolute Gasteiger partial charge is 0.353 e. The van der Waals surface area contributed by atoms with Crippen LogP contribution < -0.4 is 10.6 Å². The molecule has 116 valence electrons. The van der Waals surface area contributed by atoms with E-state index < -0.39 is 0 Å². The van der Waals surface area contributed by atoms with E-state index in [2.05, 4.69) is 22.2 Å². The fourth-order valence-electron chi connectivity index (χ4n) is 1.92. The average Bonchev–Trinajstić information content (AvgIpc) is 2.91. The molecule has 0 spiro atoms. The number of benzene rings is 1. The smallest absolute Gasteiger partial charge is 0.225 e. The number of amides is 2. The van der Waals surface area contributed by atoms with Crippen LogP contribution in [-0.2, 0) is 16.0 Å². The fraction of sp³-hybridized carbons (Fsp3) is 0.312. The van der Waals surface area contributed by atoms with Crippen LogP contribution in [-0.4, -0.2) is 23.3 Å². The summed E-state index contributed by atoms with van der Waals surface area (Å²) in [6, 6.07) is 5.91. The van der Waals surface area contributed by atoms with Gasteiger partial charge in [0.25, 0.3) is 0 Å². The molecule has 5 nitrogen and oxygen atoms in total. The van der Waals surface area contributed by atoms with Crippen LogP contribution in [0.4, 0.5) is 5.13 Å². The summed E-state index contributed by atoms with van der Waals surface area (Å²) in [5.41, 5.74) is 1.94. The lowest BCUT2D eigenvalue weighted by Crippen LogP contribution is -2.23. The highest BCUT2D eigenvalue weighted by atomic mass is 32.1. The third kappa shape index (κ3) is 4.39. The molecule has 0 saturated carbocycles. The molecule has 1 aromatic carbocycles. The van der Waals surface area contributed by atoms with Crippen molar-refractivity contribution >= 4 is 38.5 Å². The Bertz CT molecular complexity index is 694. The molecule has 0 atom stereocenters. The molecule has 2 rings (SSSR count). The number of carbonyl (C=O) groups excluding carboxylic acids is 2. The first-order chi connectivity index (χ1) is 10.6. The molecule has 0 fully saturated rings. The first kappa shape index (κ1) is 16.2. The summed E-state index contributed by atoms with van der Waals surface area (Å²) in [5.74, 6) is -0.0293. The second-order valence-electron chi connectivity index (χ2n) is 4.82. The molecule has 0 radical (unpaired) electrons. The molecule has 2 N–H and O–H groups in total. The number of hydrogen-bond donors (Lipinski definition) is 2. The summed E-state index contributed by atoms with van der Waals surface area (Å²) >= 11 is 1.45. The Hall–Kier alpha value is -2.21. The van der Waals surface area contributed by atoms with E-state index in [0.717, 1.165) is 15.8 Å². The van der Waals surface area contributed by atoms with Crippen molar-refractivity contribution in [3.8, 4) is 0 Å². The average molecular weight is 317 g/mol. The highest BCUT2D eigenvalue weighted by molar-refractivity contribution is 7.22. The second kappa shape index (κ2) is 7.70. The first-order valence-electron chi connectivity index (χ1n) is 7.19. The normalized spacial score (nSPS) is 10.4. The van der Waals surface area contributed by atoms with Crippen molar-refractivity contribution in [2.75, 3.05) is 11.9 Å². The predicted octanol–water partition coefficient (Wildman–Crippen LogP) is 2.88. The van der Waals surface area contributed by atoms with E-state index in [1.807, 2.05) is 18.2 Å². The SMILES string of the molecule is C=CCNC(=O)CCc1ccc2nc(NC(=O)CC)sc2c1. The van der Waals surface area contributed by atoms with Crippen LogP contribution in [0.1, 0.15) is 25.3 Å². The summed E-state index contributed by atoms with van der Waals surface area (Å²) in [5, 5.41) is 6.14. The maximum absolute atomic E-state index is 11.6. The minimum atomic E-state index is -0.0434. The molecule has 0 bridgehead atoms. The predicted molar refractivity (Wildman–Crippen MR) is 90.1 cm³/mol. The first-order valence-corrected chi connectivity index (χ1v) is 8.01. The third-order valence-electron chi connectivity index (χ3n) is 3.10. The van der Waals surface area contributed by atoms with E-state index >= 15 is 0 Å². The van der Waals surface area contributed by atoms with Crippen LogP contribution in [0.3, 0.4) is 0 Å². The Kier molecular flexibility index (Phi) is 5.66. The van der Waals surface area contributed by atoms with Gasteiger partial charge in [-0.1, -0.05) is 30.4 Å². The van der Waals surface area contributed by atoms with Gasteiger partial charge in [0.15, 0.2) is 5.13 Å². The van der Waals surface area contributed by atoms with E-state index in [1.54, 1.807) is 13.0 Å². The Balaban J connectivity index is 2.02. The van der Waals surface area contributed by atoms with Gasteiger partial charge >= 0.3 is 0 Å². The molecule has 1 heterocycles. The van der Waals surface area contributed by atoms with Crippen molar-refractivity contribution in [1.29, 1.82) is 0 Å². The summed E-state index contributed by atoms with van der Waals surface area (Å²) in [6.45, 7) is 5.86. The summed E-state index contributed by atoms with van der Waals surface area (Å²) in [7, 11) is 0. The molecule has 2 amide bonds. The monoisotopic (exact) mass is 317 g/mol. The maximum Gasteiger partial charge on any atom is 0.225 e. The van der Waals surface area contributed by atoms with Gasteiger partial charge < -0.3 is 10.6 Å². The zero-order valence-corrected chi connectivity index (χ0v) is 13.3. The lowest BCUT2D eigenvalue weighted by atomic mass is 10.1. The quantitative estimate of drug-likeness (QED) is 0.771. The zero-order chi connectivity index (χ0) is 15.9. The van der Waals surface area contributed by atoms with Crippen LogP contribution in [0.25, 0.3) is 10.2 Å². The number of aromatic nitrogens is 1. The number of nitrogens with zero attached hydrogens (tertiary/aromatic N) is 1. The Morgan fingerprint density at radius 1 is 1.36 bits per heavy atom. The number of hydrogen-bond acceptors (Lipinski definition) is 4. The van der Waals surface area contributed by atoms with Gasteiger partial charge in [0.1, 0.15) is 0 Å². The van der Waals surface area contributed by atoms with Gasteiger partial charge in [-0.15, -0.1) is 6.58 Å². The fourth-order valence-corrected chi connectivity index (χ4v) is 2.86. The molecule has 1 aromatic heterocycles. The van der Waals surface area contributed by atoms with Crippen molar-refractivity contribution in [1.82, 2.24) is 10.3 Å². The second-order valence-corrected chi connectivity index (χ2v) is 5.85. The summed E-state index contributed by atoms with van der Waals surface area (Å²) in [4.78, 5) is 27.3. The van der Waals surface area contributed by atoms with Gasteiger partial charge in [0.05, 0.1) is 10.2 Å². The summed E-state index contributed by atoms with van der Waals surface area (Å²) in [6.07, 6.45) is 3.21. The number of carbonyl (C=O) groups is 2. The van der Waals surface area contributed by atoms with E-state index in [9.17, 15) is 9.59 Å². The van der Waals surface area contributed by atoms with Crippen LogP contribution in [0.5, 0.6) is 0 Å². The molecular weight excluding hydrogens is 298 g/mol. The molecule has 0 unspecified atom stereocenters. The topological polar surface area (TPSA) is 71.1 Å². The number of thiazole rings is 1. The van der Waals surface area contributed by atoms with E-state index in [4.69, 9.17) is 0 Å². The Labute approximate surface area is 133 Å². The van der Waals surface area contributed by atoms with Crippen LogP contribution in [0, 0.1) is 0 Å². The van der Waals surface area contributed by atoms with Gasteiger partial charge in [0.2, 0.25) is 11.8 Å². The number of anilines is 1. The van der Waals surface area contributed by atoms with E-state index in [-0.39, 0.29) is 11.8 Å². The molecule has 2 aromatic rings. The standard InChI is InChI=1S/C16H19N3O2S/c1-3-9-17-15(21)8-6-11-5-7-12-13(10-11)22-16(18-12)19-14(20)4-2/h3,5,7,10H,1,4,6,8-9H2,2H3,(H,17,21)(H,18,19,20). The maximum atomic E-state index is 11.6. The lowest BCUT2D eigenvalue weighted by molar-refractivity contribution is -0.120. The number of fused-ring (bicyclic) bond motifs is 1. The molecule has 0 aliphatic heterocycles. The van der Waals surface area contributed by atoms with Crippen molar-refractivity contribution in [3.05, 3.63) is 36.4 Å². The Morgan fingerprint density at radius 2 is 2.18 bits per heavy atom. The minimum absolute atomic E-state index is 0.0141. The van der Waals surface area contributed by atoms with Crippen LogP contribution in [0.15, 0.2) is 30.9 Å². The number of aryl methyl sites for hydroxylation is 1. The Morgan fingerprint density at radius 3 is 2.91 bits per heavy atom. The van der Waals surface area contributed by atoms with Gasteiger partial charge in [-0.2, -0.15) is 0 Å². The van der Waals surface area contributed by atoms with Gasteiger partial charge in [-0.3, -0.25) is 9.59 Å². The van der Waals surface area contributed by atoms with E-state index in [1.165, 1.54) is 11.3 Å². The van der Waals surface area contributed by atoms with Crippen LogP contribution in [0.2, 0.25) is 0 Å². The highest BCUT2D eigenvalue weighted by Gasteiger charge is 2.08. The molecule has 0 saturated heterocycles. The van der Waals surface area contributed by atoms with E-state index in [0.29, 0.717) is 30.9 Å². The van der Waals surface area contributed by atoms with Crippen molar-refractivity contribution in [2.24, 2.45) is 0 Å². The zero-order valence-electron chi connectivity index (χ0n) is 12.5. The van der Waals surface area contributed by atoms with Gasteiger partial charge in [-0.25, -0.2) is 4.98 Å². The van der Waals surface area contributed by atoms with Gasteiger partial charge in [0, 0.05) is 19.4 Å². The third-order valence-corrected chi connectivity index (χ3v) is 4.04. The van der Waals surface area contributed by atoms with Gasteiger partial charge in [-0.05, 0) is 24.1 Å². The molecule has 0 aliphatic rings. The summed E-state index contributed by atoms with van der Waals surface area (Å²) < 4.78 is 1.01. The highest BCUT2D eigenvalue weighted by Crippen LogP contribution is 2.27. The van der Waals surface area contributed by atoms with Crippen molar-refractivity contribution in [3.63, 3.8) is 0 Å². The molecular formula is C16H19N3O2S. The number of nitrogens with one attached hydrogen (secondary N) is 2.